The average Bonchev–Trinajstić information content (AvgIpc) is 2.61. The minimum atomic E-state index is -1.79. The third-order valence-electron chi connectivity index (χ3n) is 3.57. The van der Waals surface area contributed by atoms with Crippen LogP contribution < -0.4 is 5.43 Å². The highest BCUT2D eigenvalue weighted by Gasteiger charge is 2.28. The van der Waals surface area contributed by atoms with Crippen LogP contribution in [-0.4, -0.2) is 21.1 Å². The molecule has 0 aliphatic heterocycles. The first kappa shape index (κ1) is 19.3. The quantitative estimate of drug-likeness (QED) is 0.271. The SMILES string of the molecule is Cc1ccc2nc(C(Cl)(Cl)Cl)nc(N/N=C\c3cccc([N+](=O)[O-])c3)c2c1. The Morgan fingerprint density at radius 1 is 1.19 bits per heavy atom. The molecule has 0 unspecified atom stereocenters. The van der Waals surface area contributed by atoms with E-state index in [0.29, 0.717) is 22.3 Å². The van der Waals surface area contributed by atoms with Gasteiger partial charge in [0.1, 0.15) is 0 Å². The van der Waals surface area contributed by atoms with Gasteiger partial charge in [0.25, 0.3) is 5.69 Å². The lowest BCUT2D eigenvalue weighted by Gasteiger charge is -2.13. The summed E-state index contributed by atoms with van der Waals surface area (Å²) in [4.78, 5) is 18.9. The number of aryl methyl sites for hydroxylation is 1. The highest BCUT2D eigenvalue weighted by atomic mass is 35.6. The van der Waals surface area contributed by atoms with E-state index in [1.807, 2.05) is 19.1 Å². The number of nitrogens with one attached hydrogen (secondary N) is 1. The summed E-state index contributed by atoms with van der Waals surface area (Å²) in [5, 5.41) is 15.6. The topological polar surface area (TPSA) is 93.3 Å². The number of aromatic nitrogens is 2. The number of nitro groups is 1. The Kier molecular flexibility index (Phi) is 5.46. The van der Waals surface area contributed by atoms with E-state index in [-0.39, 0.29) is 11.5 Å². The van der Waals surface area contributed by atoms with Crippen LogP contribution in [0.3, 0.4) is 0 Å². The molecule has 7 nitrogen and oxygen atoms in total. The van der Waals surface area contributed by atoms with E-state index in [1.165, 1.54) is 18.3 Å². The van der Waals surface area contributed by atoms with E-state index < -0.39 is 8.72 Å². The summed E-state index contributed by atoms with van der Waals surface area (Å²) in [5.41, 5.74) is 4.91. The number of fused-ring (bicyclic) bond motifs is 1. The molecule has 2 aromatic carbocycles. The molecule has 0 bridgehead atoms. The molecule has 1 heterocycles. The standard InChI is InChI=1S/C17H12Cl3N5O2/c1-10-5-6-14-13(7-10)15(23-16(22-14)17(18,19)20)24-21-9-11-3-2-4-12(8-11)25(26)27/h2-9H,1H3,(H,22,23,24)/b21-9-. The Bertz CT molecular complexity index is 1050. The molecule has 0 radical (unpaired) electrons. The lowest BCUT2D eigenvalue weighted by Crippen LogP contribution is -2.09. The van der Waals surface area contributed by atoms with Crippen molar-refractivity contribution in [1.82, 2.24) is 9.97 Å². The van der Waals surface area contributed by atoms with Crippen molar-refractivity contribution in [2.75, 3.05) is 5.43 Å². The summed E-state index contributed by atoms with van der Waals surface area (Å²) in [6.45, 7) is 1.93. The van der Waals surface area contributed by atoms with E-state index in [9.17, 15) is 10.1 Å². The predicted octanol–water partition coefficient (Wildman–Crippen LogP) is 5.12. The van der Waals surface area contributed by atoms with Crippen LogP contribution in [0.5, 0.6) is 0 Å². The molecular weight excluding hydrogens is 413 g/mol. The van der Waals surface area contributed by atoms with Gasteiger partial charge in [-0.3, -0.25) is 15.5 Å². The molecule has 0 atom stereocenters. The number of hydrogen-bond acceptors (Lipinski definition) is 6. The maximum absolute atomic E-state index is 10.8. The van der Waals surface area contributed by atoms with Gasteiger partial charge in [0.15, 0.2) is 11.6 Å². The second kappa shape index (κ2) is 7.64. The van der Waals surface area contributed by atoms with Gasteiger partial charge in [-0.1, -0.05) is 58.6 Å². The number of rotatable bonds is 4. The molecule has 10 heteroatoms. The van der Waals surface area contributed by atoms with Crippen LogP contribution in [0, 0.1) is 17.0 Å². The van der Waals surface area contributed by atoms with Crippen molar-refractivity contribution < 1.29 is 4.92 Å². The van der Waals surface area contributed by atoms with Crippen molar-refractivity contribution in [2.45, 2.75) is 10.7 Å². The number of hydrogen-bond donors (Lipinski definition) is 1. The average molecular weight is 425 g/mol. The highest BCUT2D eigenvalue weighted by molar-refractivity contribution is 6.66. The molecule has 138 valence electrons. The molecule has 3 aromatic rings. The number of non-ortho nitro benzene ring substituents is 1. The largest absolute Gasteiger partial charge is 0.270 e. The van der Waals surface area contributed by atoms with Gasteiger partial charge in [-0.25, -0.2) is 9.97 Å². The Labute approximate surface area is 169 Å². The van der Waals surface area contributed by atoms with E-state index >= 15 is 0 Å². The van der Waals surface area contributed by atoms with Crippen molar-refractivity contribution in [3.05, 3.63) is 69.5 Å². The zero-order chi connectivity index (χ0) is 19.6. The van der Waals surface area contributed by atoms with E-state index in [2.05, 4.69) is 20.5 Å². The molecule has 1 aromatic heterocycles. The fourth-order valence-corrected chi connectivity index (χ4v) is 2.59. The first-order valence-electron chi connectivity index (χ1n) is 7.63. The number of alkyl halides is 3. The van der Waals surface area contributed by atoms with Crippen LogP contribution in [0.2, 0.25) is 0 Å². The second-order valence-corrected chi connectivity index (χ2v) is 7.92. The summed E-state index contributed by atoms with van der Waals surface area (Å²) in [5.74, 6) is 0.364. The van der Waals surface area contributed by atoms with Crippen LogP contribution in [0.25, 0.3) is 10.9 Å². The van der Waals surface area contributed by atoms with Gasteiger partial charge in [0, 0.05) is 23.1 Å². The zero-order valence-electron chi connectivity index (χ0n) is 13.9. The fourth-order valence-electron chi connectivity index (χ4n) is 2.34. The fraction of sp³-hybridized carbons (Fsp3) is 0.118. The molecular formula is C17H12Cl3N5O2. The van der Waals surface area contributed by atoms with Crippen molar-refractivity contribution in [2.24, 2.45) is 5.10 Å². The summed E-state index contributed by atoms with van der Waals surface area (Å²) in [6.07, 6.45) is 1.44. The van der Waals surface area contributed by atoms with Crippen molar-refractivity contribution in [3.63, 3.8) is 0 Å². The number of nitro benzene ring substituents is 1. The molecule has 27 heavy (non-hydrogen) atoms. The maximum atomic E-state index is 10.8. The third-order valence-corrected chi connectivity index (χ3v) is 4.08. The monoisotopic (exact) mass is 423 g/mol. The summed E-state index contributed by atoms with van der Waals surface area (Å²) in [6, 6.07) is 11.6. The smallest absolute Gasteiger partial charge is 0.261 e. The summed E-state index contributed by atoms with van der Waals surface area (Å²) >= 11 is 17.7. The van der Waals surface area contributed by atoms with Crippen LogP contribution in [0.15, 0.2) is 47.6 Å². The molecule has 0 spiro atoms. The van der Waals surface area contributed by atoms with E-state index in [1.54, 1.807) is 18.2 Å². The normalized spacial score (nSPS) is 11.9. The van der Waals surface area contributed by atoms with Crippen molar-refractivity contribution >= 4 is 63.4 Å². The molecule has 0 saturated carbocycles. The lowest BCUT2D eigenvalue weighted by atomic mass is 10.1. The van der Waals surface area contributed by atoms with Crippen LogP contribution in [0.1, 0.15) is 17.0 Å². The van der Waals surface area contributed by atoms with E-state index in [0.717, 1.165) is 5.56 Å². The number of hydrazone groups is 1. The Hall–Kier alpha value is -2.48. The number of halogens is 3. The lowest BCUT2D eigenvalue weighted by molar-refractivity contribution is -0.384. The Morgan fingerprint density at radius 2 is 1.96 bits per heavy atom. The number of benzene rings is 2. The van der Waals surface area contributed by atoms with E-state index in [4.69, 9.17) is 34.8 Å². The van der Waals surface area contributed by atoms with Gasteiger partial charge in [0.2, 0.25) is 3.79 Å². The molecule has 0 aliphatic carbocycles. The molecule has 0 saturated heterocycles. The van der Waals surface area contributed by atoms with Crippen LogP contribution in [-0.2, 0) is 3.79 Å². The molecule has 1 N–H and O–H groups in total. The van der Waals surface area contributed by atoms with Gasteiger partial charge in [0.05, 0.1) is 16.7 Å². The van der Waals surface area contributed by atoms with Crippen LogP contribution in [0.4, 0.5) is 11.5 Å². The second-order valence-electron chi connectivity index (χ2n) is 5.64. The first-order chi connectivity index (χ1) is 12.7. The minimum Gasteiger partial charge on any atom is -0.261 e. The molecule has 0 aliphatic rings. The highest BCUT2D eigenvalue weighted by Crippen LogP contribution is 2.37. The number of anilines is 1. The summed E-state index contributed by atoms with van der Waals surface area (Å²) in [7, 11) is 0. The van der Waals surface area contributed by atoms with Crippen molar-refractivity contribution in [1.29, 1.82) is 0 Å². The maximum Gasteiger partial charge on any atom is 0.270 e. The van der Waals surface area contributed by atoms with Gasteiger partial charge in [-0.05, 0) is 19.1 Å². The summed E-state index contributed by atoms with van der Waals surface area (Å²) < 4.78 is -1.79. The third kappa shape index (κ3) is 4.63. The van der Waals surface area contributed by atoms with Gasteiger partial charge in [-0.15, -0.1) is 0 Å². The van der Waals surface area contributed by atoms with Crippen LogP contribution >= 0.6 is 34.8 Å². The number of nitrogens with zero attached hydrogens (tertiary/aromatic N) is 4. The zero-order valence-corrected chi connectivity index (χ0v) is 16.1. The van der Waals surface area contributed by atoms with Crippen molar-refractivity contribution in [3.8, 4) is 0 Å². The van der Waals surface area contributed by atoms with Gasteiger partial charge >= 0.3 is 0 Å². The molecule has 3 rings (SSSR count). The Balaban J connectivity index is 1.97. The van der Waals surface area contributed by atoms with Gasteiger partial charge in [-0.2, -0.15) is 5.10 Å². The molecule has 0 fully saturated rings. The first-order valence-corrected chi connectivity index (χ1v) is 8.76. The predicted molar refractivity (Wildman–Crippen MR) is 108 cm³/mol. The minimum absolute atomic E-state index is 0.0110. The Morgan fingerprint density at radius 3 is 2.67 bits per heavy atom. The van der Waals surface area contributed by atoms with Gasteiger partial charge < -0.3 is 0 Å². The molecule has 0 amide bonds.